The molecule has 0 spiro atoms. The van der Waals surface area contributed by atoms with Crippen LogP contribution < -0.4 is 0 Å². The average Bonchev–Trinajstić information content (AvgIpc) is 2.07. The van der Waals surface area contributed by atoms with Gasteiger partial charge < -0.3 is 5.11 Å². The van der Waals surface area contributed by atoms with Crippen molar-refractivity contribution in [3.63, 3.8) is 0 Å². The summed E-state index contributed by atoms with van der Waals surface area (Å²) in [5, 5.41) is 8.84. The van der Waals surface area contributed by atoms with Gasteiger partial charge in [-0.25, -0.2) is 4.39 Å². The molecule has 0 aliphatic carbocycles. The molecule has 0 amide bonds. The first-order valence-corrected chi connectivity index (χ1v) is 3.41. The van der Waals surface area contributed by atoms with Crippen LogP contribution in [0.5, 0.6) is 5.75 Å². The summed E-state index contributed by atoms with van der Waals surface area (Å²) in [6, 6.07) is 1.10. The van der Waals surface area contributed by atoms with Gasteiger partial charge in [0.15, 0.2) is 17.9 Å². The summed E-state index contributed by atoms with van der Waals surface area (Å²) in [6.45, 7) is 0. The van der Waals surface area contributed by atoms with Crippen molar-refractivity contribution in [2.24, 2.45) is 0 Å². The molecular weight excluding hydrogens is 204 g/mol. The van der Waals surface area contributed by atoms with E-state index in [4.69, 9.17) is 5.11 Å². The summed E-state index contributed by atoms with van der Waals surface area (Å²) >= 11 is 0. The molecule has 6 heteroatoms. The molecule has 0 saturated heterocycles. The number of carbonyl (C=O) groups excluding carboxylic acids is 1. The zero-order valence-electron chi connectivity index (χ0n) is 6.60. The number of carbonyl (C=O) groups is 1. The van der Waals surface area contributed by atoms with Crippen LogP contribution in [0.3, 0.4) is 0 Å². The molecule has 14 heavy (non-hydrogen) atoms. The Morgan fingerprint density at radius 2 is 1.86 bits per heavy atom. The zero-order chi connectivity index (χ0) is 10.9. The number of halogens is 4. The lowest BCUT2D eigenvalue weighted by Gasteiger charge is -2.09. The lowest BCUT2D eigenvalue weighted by atomic mass is 10.1. The standard InChI is InChI=1S/C8H4F4O2/c9-6-5(8(10,11)12)2-1-4(3-13)7(6)14/h1-3,14H. The number of alkyl halides is 3. The predicted octanol–water partition coefficient (Wildman–Crippen LogP) is 2.36. The van der Waals surface area contributed by atoms with E-state index in [1.165, 1.54) is 0 Å². The van der Waals surface area contributed by atoms with Gasteiger partial charge in [0.2, 0.25) is 0 Å². The number of aromatic hydroxyl groups is 1. The molecule has 0 atom stereocenters. The highest BCUT2D eigenvalue weighted by Crippen LogP contribution is 2.35. The summed E-state index contributed by atoms with van der Waals surface area (Å²) in [6.07, 6.45) is -4.82. The first kappa shape index (κ1) is 10.5. The topological polar surface area (TPSA) is 37.3 Å². The van der Waals surface area contributed by atoms with Crippen LogP contribution in [0, 0.1) is 5.82 Å². The lowest BCUT2D eigenvalue weighted by Crippen LogP contribution is -2.08. The number of aldehydes is 1. The summed E-state index contributed by atoms with van der Waals surface area (Å²) in [4.78, 5) is 10.1. The van der Waals surface area contributed by atoms with Gasteiger partial charge in [-0.05, 0) is 12.1 Å². The molecule has 1 N–H and O–H groups in total. The van der Waals surface area contributed by atoms with Gasteiger partial charge in [-0.2, -0.15) is 13.2 Å². The van der Waals surface area contributed by atoms with Crippen molar-refractivity contribution >= 4 is 6.29 Å². The second kappa shape index (κ2) is 3.28. The third kappa shape index (κ3) is 1.68. The van der Waals surface area contributed by atoms with Gasteiger partial charge >= 0.3 is 6.18 Å². The maximum Gasteiger partial charge on any atom is 0.419 e. The molecule has 0 heterocycles. The van der Waals surface area contributed by atoms with Crippen LogP contribution in [0.4, 0.5) is 17.6 Å². The zero-order valence-corrected chi connectivity index (χ0v) is 6.60. The fourth-order valence-electron chi connectivity index (χ4n) is 0.894. The highest BCUT2D eigenvalue weighted by atomic mass is 19.4. The smallest absolute Gasteiger partial charge is 0.419 e. The number of hydrogen-bond acceptors (Lipinski definition) is 2. The molecule has 0 aliphatic rings. The van der Waals surface area contributed by atoms with E-state index in [0.717, 1.165) is 0 Å². The third-order valence-corrected chi connectivity index (χ3v) is 1.58. The van der Waals surface area contributed by atoms with Crippen LogP contribution in [-0.4, -0.2) is 11.4 Å². The minimum atomic E-state index is -4.89. The third-order valence-electron chi connectivity index (χ3n) is 1.58. The number of rotatable bonds is 1. The Hall–Kier alpha value is -1.59. The summed E-state index contributed by atoms with van der Waals surface area (Å²) in [5.41, 5.74) is -2.11. The minimum absolute atomic E-state index is 0.0680. The van der Waals surface area contributed by atoms with Gasteiger partial charge in [-0.15, -0.1) is 0 Å². The largest absolute Gasteiger partial charge is 0.504 e. The van der Waals surface area contributed by atoms with Gasteiger partial charge in [0.25, 0.3) is 0 Å². The SMILES string of the molecule is O=Cc1ccc(C(F)(F)F)c(F)c1O. The van der Waals surface area contributed by atoms with Crippen LogP contribution >= 0.6 is 0 Å². The molecule has 0 aromatic heterocycles. The first-order chi connectivity index (χ1) is 6.38. The fraction of sp³-hybridized carbons (Fsp3) is 0.125. The monoisotopic (exact) mass is 208 g/mol. The molecule has 0 aliphatic heterocycles. The minimum Gasteiger partial charge on any atom is -0.504 e. The number of benzene rings is 1. The molecule has 0 saturated carbocycles. The number of hydrogen-bond donors (Lipinski definition) is 1. The Kier molecular flexibility index (Phi) is 2.46. The molecule has 0 unspecified atom stereocenters. The molecule has 0 fully saturated rings. The van der Waals surface area contributed by atoms with E-state index in [-0.39, 0.29) is 6.29 Å². The van der Waals surface area contributed by atoms with E-state index in [2.05, 4.69) is 0 Å². The maximum atomic E-state index is 12.8. The van der Waals surface area contributed by atoms with E-state index in [1.807, 2.05) is 0 Å². The Morgan fingerprint density at radius 3 is 2.29 bits per heavy atom. The molecular formula is C8H4F4O2. The summed E-state index contributed by atoms with van der Waals surface area (Å²) in [7, 11) is 0. The van der Waals surface area contributed by atoms with Crippen molar-refractivity contribution < 1.29 is 27.5 Å². The summed E-state index contributed by atoms with van der Waals surface area (Å²) < 4.78 is 48.9. The molecule has 1 rings (SSSR count). The van der Waals surface area contributed by atoms with Gasteiger partial charge in [-0.1, -0.05) is 0 Å². The van der Waals surface area contributed by atoms with E-state index in [9.17, 15) is 22.4 Å². The lowest BCUT2D eigenvalue weighted by molar-refractivity contribution is -0.140. The van der Waals surface area contributed by atoms with Crippen LogP contribution in [0.25, 0.3) is 0 Å². The van der Waals surface area contributed by atoms with Crippen molar-refractivity contribution in [2.45, 2.75) is 6.18 Å². The fourth-order valence-corrected chi connectivity index (χ4v) is 0.894. The number of phenols is 1. The van der Waals surface area contributed by atoms with E-state index < -0.39 is 28.9 Å². The Morgan fingerprint density at radius 1 is 1.29 bits per heavy atom. The van der Waals surface area contributed by atoms with Gasteiger partial charge in [0.05, 0.1) is 11.1 Å². The molecule has 1 aromatic rings. The van der Waals surface area contributed by atoms with Crippen molar-refractivity contribution in [3.8, 4) is 5.75 Å². The van der Waals surface area contributed by atoms with Crippen LogP contribution in [-0.2, 0) is 6.18 Å². The molecule has 2 nitrogen and oxygen atoms in total. The van der Waals surface area contributed by atoms with Crippen LogP contribution in [0.15, 0.2) is 12.1 Å². The highest BCUT2D eigenvalue weighted by molar-refractivity contribution is 5.79. The van der Waals surface area contributed by atoms with Crippen molar-refractivity contribution in [1.82, 2.24) is 0 Å². The maximum absolute atomic E-state index is 12.8. The Balaban J connectivity index is 3.38. The average molecular weight is 208 g/mol. The van der Waals surface area contributed by atoms with Crippen LogP contribution in [0.1, 0.15) is 15.9 Å². The van der Waals surface area contributed by atoms with Gasteiger partial charge in [-0.3, -0.25) is 4.79 Å². The predicted molar refractivity (Wildman–Crippen MR) is 38.5 cm³/mol. The molecule has 0 radical (unpaired) electrons. The van der Waals surface area contributed by atoms with E-state index in [0.29, 0.717) is 12.1 Å². The Labute approximate surface area is 75.8 Å². The van der Waals surface area contributed by atoms with Crippen molar-refractivity contribution in [1.29, 1.82) is 0 Å². The van der Waals surface area contributed by atoms with Crippen LogP contribution in [0.2, 0.25) is 0 Å². The normalized spacial score (nSPS) is 11.4. The van der Waals surface area contributed by atoms with Crippen molar-refractivity contribution in [2.75, 3.05) is 0 Å². The molecule has 0 bridgehead atoms. The highest BCUT2D eigenvalue weighted by Gasteiger charge is 2.35. The Bertz CT molecular complexity index is 370. The first-order valence-electron chi connectivity index (χ1n) is 3.41. The molecule has 1 aromatic carbocycles. The van der Waals surface area contributed by atoms with Gasteiger partial charge in [0, 0.05) is 0 Å². The van der Waals surface area contributed by atoms with Crippen molar-refractivity contribution in [3.05, 3.63) is 29.1 Å². The van der Waals surface area contributed by atoms with E-state index in [1.54, 1.807) is 0 Å². The second-order valence-corrected chi connectivity index (χ2v) is 2.48. The second-order valence-electron chi connectivity index (χ2n) is 2.48. The number of phenolic OH excluding ortho intramolecular Hbond substituents is 1. The molecule has 76 valence electrons. The quantitative estimate of drug-likeness (QED) is 0.568. The van der Waals surface area contributed by atoms with E-state index >= 15 is 0 Å². The summed E-state index contributed by atoms with van der Waals surface area (Å²) in [5.74, 6) is -3.11. The van der Waals surface area contributed by atoms with Gasteiger partial charge in [0.1, 0.15) is 0 Å².